The zero-order valence-electron chi connectivity index (χ0n) is 14.9. The molecule has 1 fully saturated rings. The Kier molecular flexibility index (Phi) is 4.88. The second-order valence-corrected chi connectivity index (χ2v) is 6.58. The molecule has 0 bridgehead atoms. The van der Waals surface area contributed by atoms with Crippen molar-refractivity contribution in [2.24, 2.45) is 13.0 Å². The number of anilines is 1. The predicted molar refractivity (Wildman–Crippen MR) is 96.3 cm³/mol. The number of hydrogen-bond donors (Lipinski definition) is 2. The molecule has 2 N–H and O–H groups in total. The van der Waals surface area contributed by atoms with Gasteiger partial charge in [0.15, 0.2) is 0 Å². The van der Waals surface area contributed by atoms with Gasteiger partial charge in [-0.25, -0.2) is 0 Å². The molecule has 1 saturated carbocycles. The van der Waals surface area contributed by atoms with Gasteiger partial charge in [-0.15, -0.1) is 0 Å². The molecule has 2 amide bonds. The summed E-state index contributed by atoms with van der Waals surface area (Å²) in [6, 6.07) is 9.27. The van der Waals surface area contributed by atoms with Gasteiger partial charge in [-0.3, -0.25) is 14.3 Å². The number of hydrogen-bond acceptors (Lipinski definition) is 3. The zero-order chi connectivity index (χ0) is 18.0. The van der Waals surface area contributed by atoms with Crippen molar-refractivity contribution >= 4 is 17.5 Å². The lowest BCUT2D eigenvalue weighted by molar-refractivity contribution is -0.117. The molecule has 1 aliphatic rings. The van der Waals surface area contributed by atoms with Crippen molar-refractivity contribution in [3.05, 3.63) is 47.3 Å². The van der Waals surface area contributed by atoms with E-state index in [-0.39, 0.29) is 23.8 Å². The Balaban J connectivity index is 1.61. The Morgan fingerprint density at radius 3 is 2.52 bits per heavy atom. The number of carbonyl (C=O) groups is 2. The van der Waals surface area contributed by atoms with Crippen LogP contribution in [0.3, 0.4) is 0 Å². The lowest BCUT2D eigenvalue weighted by Crippen LogP contribution is -2.28. The van der Waals surface area contributed by atoms with Gasteiger partial charge in [0.25, 0.3) is 5.91 Å². The minimum absolute atomic E-state index is 0.0945. The summed E-state index contributed by atoms with van der Waals surface area (Å²) in [6.45, 7) is 3.95. The Morgan fingerprint density at radius 2 is 1.96 bits per heavy atom. The fraction of sp³-hybridized carbons (Fsp3) is 0.421. The molecule has 1 aromatic carbocycles. The molecule has 1 unspecified atom stereocenters. The van der Waals surface area contributed by atoms with Gasteiger partial charge in [0.2, 0.25) is 5.91 Å². The maximum atomic E-state index is 12.4. The van der Waals surface area contributed by atoms with E-state index in [2.05, 4.69) is 15.7 Å². The number of aryl methyl sites for hydroxylation is 2. The Bertz CT molecular complexity index is 775. The van der Waals surface area contributed by atoms with Gasteiger partial charge in [-0.05, 0) is 49.9 Å². The average Bonchev–Trinajstić information content (AvgIpc) is 3.38. The Morgan fingerprint density at radius 1 is 1.28 bits per heavy atom. The number of nitrogens with zero attached hydrogens (tertiary/aromatic N) is 2. The lowest BCUT2D eigenvalue weighted by atomic mass is 10.1. The zero-order valence-corrected chi connectivity index (χ0v) is 14.9. The summed E-state index contributed by atoms with van der Waals surface area (Å²) in [6.07, 6.45) is 2.77. The maximum Gasteiger partial charge on any atom is 0.270 e. The van der Waals surface area contributed by atoms with E-state index in [4.69, 9.17) is 0 Å². The molecule has 1 aromatic heterocycles. The van der Waals surface area contributed by atoms with Gasteiger partial charge in [0.05, 0.1) is 11.7 Å². The van der Waals surface area contributed by atoms with Gasteiger partial charge in [0, 0.05) is 18.7 Å². The van der Waals surface area contributed by atoms with Crippen molar-refractivity contribution in [1.29, 1.82) is 0 Å². The summed E-state index contributed by atoms with van der Waals surface area (Å²) in [4.78, 5) is 24.2. The quantitative estimate of drug-likeness (QED) is 0.849. The van der Waals surface area contributed by atoms with Crippen LogP contribution in [0.4, 0.5) is 5.69 Å². The highest BCUT2D eigenvalue weighted by atomic mass is 16.2. The number of amides is 2. The summed E-state index contributed by atoms with van der Waals surface area (Å²) in [5, 5.41) is 10.2. The van der Waals surface area contributed by atoms with Crippen LogP contribution in [0.2, 0.25) is 0 Å². The topological polar surface area (TPSA) is 76.0 Å². The maximum absolute atomic E-state index is 12.4. The molecule has 1 heterocycles. The van der Waals surface area contributed by atoms with Crippen LogP contribution in [0.5, 0.6) is 0 Å². The first-order valence-electron chi connectivity index (χ1n) is 8.72. The fourth-order valence-electron chi connectivity index (χ4n) is 2.71. The summed E-state index contributed by atoms with van der Waals surface area (Å²) in [5.74, 6) is 0.134. The Hall–Kier alpha value is -2.63. The third kappa shape index (κ3) is 4.07. The van der Waals surface area contributed by atoms with Crippen LogP contribution in [0.1, 0.15) is 54.5 Å². The number of aromatic nitrogens is 2. The van der Waals surface area contributed by atoms with Crippen LogP contribution in [0.15, 0.2) is 30.3 Å². The molecule has 6 heteroatoms. The number of benzene rings is 1. The molecule has 0 radical (unpaired) electrons. The van der Waals surface area contributed by atoms with E-state index in [1.165, 1.54) is 0 Å². The molecule has 3 rings (SSSR count). The third-order valence-corrected chi connectivity index (χ3v) is 4.50. The second-order valence-electron chi connectivity index (χ2n) is 6.58. The van der Waals surface area contributed by atoms with Crippen LogP contribution >= 0.6 is 0 Å². The van der Waals surface area contributed by atoms with E-state index in [0.717, 1.165) is 36.2 Å². The molecular formula is C19H24N4O2. The Labute approximate surface area is 147 Å². The molecule has 2 aromatic rings. The SMILES string of the molecule is CCc1cc(C(=O)NC(C)c2ccc(NC(=O)C3CC3)cc2)n(C)n1. The highest BCUT2D eigenvalue weighted by Gasteiger charge is 2.29. The van der Waals surface area contributed by atoms with Crippen molar-refractivity contribution in [2.45, 2.75) is 39.2 Å². The van der Waals surface area contributed by atoms with Crippen molar-refractivity contribution in [3.8, 4) is 0 Å². The molecule has 25 heavy (non-hydrogen) atoms. The highest BCUT2D eigenvalue weighted by Crippen LogP contribution is 2.30. The molecule has 132 valence electrons. The average molecular weight is 340 g/mol. The van der Waals surface area contributed by atoms with Crippen LogP contribution in [0, 0.1) is 5.92 Å². The lowest BCUT2D eigenvalue weighted by Gasteiger charge is -2.15. The first-order valence-corrected chi connectivity index (χ1v) is 8.72. The van der Waals surface area contributed by atoms with Crippen molar-refractivity contribution < 1.29 is 9.59 Å². The van der Waals surface area contributed by atoms with Crippen molar-refractivity contribution in [3.63, 3.8) is 0 Å². The van der Waals surface area contributed by atoms with E-state index in [9.17, 15) is 9.59 Å². The molecule has 0 spiro atoms. The molecule has 0 aliphatic heterocycles. The van der Waals surface area contributed by atoms with E-state index < -0.39 is 0 Å². The number of rotatable bonds is 6. The van der Waals surface area contributed by atoms with Crippen molar-refractivity contribution in [2.75, 3.05) is 5.32 Å². The molecule has 6 nitrogen and oxygen atoms in total. The van der Waals surface area contributed by atoms with E-state index in [1.807, 2.05) is 44.2 Å². The number of carbonyl (C=O) groups excluding carboxylic acids is 2. The number of nitrogens with one attached hydrogen (secondary N) is 2. The van der Waals surface area contributed by atoms with Gasteiger partial charge >= 0.3 is 0 Å². The second kappa shape index (κ2) is 7.09. The molecule has 0 saturated heterocycles. The summed E-state index contributed by atoms with van der Waals surface area (Å²) >= 11 is 0. The largest absolute Gasteiger partial charge is 0.344 e. The normalized spacial score (nSPS) is 14.8. The van der Waals surface area contributed by atoms with Crippen LogP contribution < -0.4 is 10.6 Å². The fourth-order valence-corrected chi connectivity index (χ4v) is 2.71. The van der Waals surface area contributed by atoms with Gasteiger partial charge in [0.1, 0.15) is 5.69 Å². The van der Waals surface area contributed by atoms with Crippen LogP contribution in [-0.4, -0.2) is 21.6 Å². The van der Waals surface area contributed by atoms with Crippen LogP contribution in [-0.2, 0) is 18.3 Å². The first-order chi connectivity index (χ1) is 12.0. The minimum Gasteiger partial charge on any atom is -0.344 e. The van der Waals surface area contributed by atoms with E-state index in [1.54, 1.807) is 11.7 Å². The first kappa shape index (κ1) is 17.2. The van der Waals surface area contributed by atoms with Gasteiger partial charge in [-0.1, -0.05) is 19.1 Å². The van der Waals surface area contributed by atoms with Gasteiger partial charge < -0.3 is 10.6 Å². The third-order valence-electron chi connectivity index (χ3n) is 4.50. The van der Waals surface area contributed by atoms with E-state index in [0.29, 0.717) is 5.69 Å². The van der Waals surface area contributed by atoms with Gasteiger partial charge in [-0.2, -0.15) is 5.10 Å². The van der Waals surface area contributed by atoms with Crippen LogP contribution in [0.25, 0.3) is 0 Å². The minimum atomic E-state index is -0.145. The monoisotopic (exact) mass is 340 g/mol. The smallest absolute Gasteiger partial charge is 0.270 e. The highest BCUT2D eigenvalue weighted by molar-refractivity contribution is 5.94. The molecular weight excluding hydrogens is 316 g/mol. The van der Waals surface area contributed by atoms with Crippen molar-refractivity contribution in [1.82, 2.24) is 15.1 Å². The molecule has 1 aliphatic carbocycles. The summed E-state index contributed by atoms with van der Waals surface area (Å²) in [7, 11) is 1.77. The summed E-state index contributed by atoms with van der Waals surface area (Å²) < 4.78 is 1.61. The standard InChI is InChI=1S/C19H24N4O2/c1-4-15-11-17(23(3)22-15)19(25)20-12(2)13-7-9-16(10-8-13)21-18(24)14-5-6-14/h7-12,14H,4-6H2,1-3H3,(H,20,25)(H,21,24). The van der Waals surface area contributed by atoms with E-state index >= 15 is 0 Å². The summed E-state index contributed by atoms with van der Waals surface area (Å²) in [5.41, 5.74) is 3.22. The molecule has 1 atom stereocenters. The predicted octanol–water partition coefficient (Wildman–Crippen LogP) is 2.82.